The highest BCUT2D eigenvalue weighted by molar-refractivity contribution is 7.92. The third-order valence-corrected chi connectivity index (χ3v) is 16.0. The Bertz CT molecular complexity index is 2980. The first-order valence-electron chi connectivity index (χ1n) is 34.3. The number of rotatable bonds is 29. The molecular weight excluding hydrogens is 1290 g/mol. The average Bonchev–Trinajstić information content (AvgIpc) is 1.73. The number of hydrogen-bond acceptors (Lipinski definition) is 22. The number of pyridine rings is 4. The summed E-state index contributed by atoms with van der Waals surface area (Å²) in [5, 5.41) is 26.6. The number of hydrogen-bond donors (Lipinski definition) is 8. The average molecular weight is 1430 g/mol. The van der Waals surface area contributed by atoms with E-state index in [0.29, 0.717) is 54.8 Å². The molecule has 8 N–H and O–H groups in total. The molecule has 0 atom stereocenters. The molecule has 7 aromatic rings. The van der Waals surface area contributed by atoms with Gasteiger partial charge in [-0.25, -0.2) is 32.7 Å². The highest BCUT2D eigenvalue weighted by atomic mass is 32.2. The fourth-order valence-corrected chi connectivity index (χ4v) is 8.94. The van der Waals surface area contributed by atoms with E-state index in [0.717, 1.165) is 95.1 Å². The quantitative estimate of drug-likeness (QED) is 0.0218. The van der Waals surface area contributed by atoms with Crippen LogP contribution in [0.5, 0.6) is 0 Å². The van der Waals surface area contributed by atoms with Crippen molar-refractivity contribution >= 4 is 61.1 Å². The summed E-state index contributed by atoms with van der Waals surface area (Å²) in [7, 11) is 22.5. The maximum absolute atomic E-state index is 11.3. The fraction of sp³-hybridized carbons (Fsp3) is 0.573. The second-order valence-electron chi connectivity index (χ2n) is 27.4. The Kier molecular flexibility index (Phi) is 46.7. The smallest absolute Gasteiger partial charge is 0.234 e. The van der Waals surface area contributed by atoms with Crippen molar-refractivity contribution < 1.29 is 8.42 Å². The van der Waals surface area contributed by atoms with E-state index in [2.05, 4.69) is 232 Å². The van der Waals surface area contributed by atoms with Gasteiger partial charge in [-0.15, -0.1) is 11.3 Å². The molecule has 564 valence electrons. The maximum atomic E-state index is 11.3. The van der Waals surface area contributed by atoms with Gasteiger partial charge in [0.25, 0.3) is 0 Å². The number of sulfonamides is 1. The van der Waals surface area contributed by atoms with Crippen molar-refractivity contribution in [1.82, 2.24) is 72.1 Å². The summed E-state index contributed by atoms with van der Waals surface area (Å²) in [6.07, 6.45) is 10.3. The number of benzene rings is 1. The van der Waals surface area contributed by atoms with Gasteiger partial charge in [0, 0.05) is 215 Å². The number of H-pyrrole nitrogens is 1. The Morgan fingerprint density at radius 3 is 1.35 bits per heavy atom. The van der Waals surface area contributed by atoms with Crippen LogP contribution in [0, 0.1) is 0 Å². The molecule has 0 aliphatic carbocycles. The predicted molar refractivity (Wildman–Crippen MR) is 434 cm³/mol. The van der Waals surface area contributed by atoms with E-state index in [1.54, 1.807) is 17.5 Å². The fourth-order valence-electron chi connectivity index (χ4n) is 7.77. The van der Waals surface area contributed by atoms with E-state index in [-0.39, 0.29) is 7.43 Å². The number of anilines is 7. The van der Waals surface area contributed by atoms with Crippen molar-refractivity contribution in [2.24, 2.45) is 0 Å². The molecule has 6 aromatic heterocycles. The molecule has 0 unspecified atom stereocenters. The van der Waals surface area contributed by atoms with E-state index in [4.69, 9.17) is 0 Å². The molecule has 0 aliphatic rings. The van der Waals surface area contributed by atoms with Gasteiger partial charge >= 0.3 is 0 Å². The molecule has 1 aromatic carbocycles. The van der Waals surface area contributed by atoms with Crippen molar-refractivity contribution in [2.45, 2.75) is 192 Å². The minimum atomic E-state index is -3.25. The minimum Gasteiger partial charge on any atom is -0.378 e. The lowest BCUT2D eigenvalue weighted by molar-refractivity contribution is 0.581. The Labute approximate surface area is 611 Å². The van der Waals surface area contributed by atoms with Crippen LogP contribution in [0.1, 0.15) is 144 Å². The summed E-state index contributed by atoms with van der Waals surface area (Å²) in [5.74, 6) is 2.35. The van der Waals surface area contributed by atoms with Crippen LogP contribution >= 0.6 is 11.3 Å². The monoisotopic (exact) mass is 1430 g/mol. The lowest BCUT2D eigenvalue weighted by Gasteiger charge is -2.14. The van der Waals surface area contributed by atoms with Gasteiger partial charge < -0.3 is 71.6 Å². The maximum Gasteiger partial charge on any atom is 0.234 e. The number of thiazole rings is 1. The topological polar surface area (TPSA) is 234 Å². The number of nitrogens with zero attached hydrogens (tertiary/aromatic N) is 13. The third-order valence-electron chi connectivity index (χ3n) is 13.8. The van der Waals surface area contributed by atoms with Crippen molar-refractivity contribution in [1.29, 1.82) is 0 Å². The van der Waals surface area contributed by atoms with E-state index in [1.165, 1.54) is 35.1 Å². The van der Waals surface area contributed by atoms with Crippen LogP contribution < -0.4 is 70.9 Å². The van der Waals surface area contributed by atoms with Gasteiger partial charge in [-0.05, 0) is 71.3 Å². The molecule has 0 aliphatic heterocycles. The molecule has 0 spiro atoms. The van der Waals surface area contributed by atoms with Gasteiger partial charge in [-0.3, -0.25) is 9.97 Å². The second kappa shape index (κ2) is 50.3. The molecule has 25 heteroatoms. The Morgan fingerprint density at radius 2 is 0.860 bits per heavy atom. The van der Waals surface area contributed by atoms with E-state index >= 15 is 0 Å². The molecule has 7 rings (SSSR count). The van der Waals surface area contributed by atoms with Crippen molar-refractivity contribution in [3.63, 3.8) is 0 Å². The first-order valence-corrected chi connectivity index (χ1v) is 37.1. The van der Waals surface area contributed by atoms with Gasteiger partial charge in [-0.2, -0.15) is 0 Å². The SMILES string of the molecule is C.CC(C)NCc1cc(N(C)C)ccn1.CC(C)NCc1cccc(N(C)C)c1.CC(C)NCc1cccc(N(C)C)n1.CC(C)NCc1ccnc(N(C)C)c1.CC(C)NCc1cnc(N(C)S(C)(=O)=O)[nH]1.CC(C)NCc1cncc(N(C)C)c1.CC(C)NCc1csc(N(C)C)n1. The molecule has 6 heterocycles. The molecule has 0 saturated carbocycles. The van der Waals surface area contributed by atoms with Gasteiger partial charge in [-0.1, -0.05) is 123 Å². The van der Waals surface area contributed by atoms with Crippen LogP contribution in [0.15, 0.2) is 109 Å². The molecule has 23 nitrogen and oxygen atoms in total. The number of imidazole rings is 1. The van der Waals surface area contributed by atoms with Crippen LogP contribution in [0.3, 0.4) is 0 Å². The van der Waals surface area contributed by atoms with Crippen LogP contribution in [0.25, 0.3) is 0 Å². The third kappa shape index (κ3) is 43.6. The van der Waals surface area contributed by atoms with E-state index in [1.807, 2.05) is 154 Å². The predicted octanol–water partition coefficient (Wildman–Crippen LogP) is 11.5. The zero-order chi connectivity index (χ0) is 75.0. The van der Waals surface area contributed by atoms with Crippen LogP contribution in [-0.2, 0) is 55.8 Å². The Hall–Kier alpha value is -7.07. The molecule has 100 heavy (non-hydrogen) atoms. The van der Waals surface area contributed by atoms with Crippen molar-refractivity contribution in [2.75, 3.05) is 132 Å². The molecular formula is C75H135N21O2S2. The van der Waals surface area contributed by atoms with Crippen LogP contribution in [-0.4, -0.2) is 183 Å². The molecule has 0 radical (unpaired) electrons. The number of nitrogens with one attached hydrogen (secondary N) is 8. The number of aromatic amines is 1. The first-order chi connectivity index (χ1) is 46.4. The van der Waals surface area contributed by atoms with E-state index in [9.17, 15) is 8.42 Å². The van der Waals surface area contributed by atoms with Crippen LogP contribution in [0.4, 0.5) is 39.8 Å². The standard InChI is InChI=1S/C12H20N2.4C11H19N3.C9H18N4O2S.C9H17N3S.CH4/c1-10(2)13-9-11-6-5-7-12(8-11)14(3)4;1-9(2)13-7-10-5-11(14(3)4)8-12-6-10;1-9(2)13-8-10-7-11(14(3)4)5-6-12-10;1-9(2)13-8-10-5-6-12-11(7-10)14(3)4;1-9(2)12-8-10-6-5-7-11(13-10)14(3)4;1-7(2)10-5-8-6-11-9(12-8)13(3)16(4,14)15;1-7(2)10-5-8-6-13-9(11-8)12(3)4;/h5-8,10,13H,9H2,1-4H3;5-6,8-9,13H,7H2,1-4H3;2*5-7,9,13H,8H2,1-4H3;5-7,9,12H,8H2,1-4H3;6-7,10H,5H2,1-4H3,(H,11,12);6-7,10H,5H2,1-4H3;1H4. The minimum absolute atomic E-state index is 0. The molecule has 0 saturated heterocycles. The highest BCUT2D eigenvalue weighted by Crippen LogP contribution is 2.19. The summed E-state index contributed by atoms with van der Waals surface area (Å²) >= 11 is 1.68. The first kappa shape index (κ1) is 92.9. The van der Waals surface area contributed by atoms with Crippen LogP contribution in [0.2, 0.25) is 0 Å². The summed E-state index contributed by atoms with van der Waals surface area (Å²) in [6.45, 7) is 35.7. The largest absolute Gasteiger partial charge is 0.378 e. The normalized spacial score (nSPS) is 10.8. The number of aromatic nitrogens is 7. The van der Waals surface area contributed by atoms with Gasteiger partial charge in [0.2, 0.25) is 16.0 Å². The second-order valence-corrected chi connectivity index (χ2v) is 30.3. The van der Waals surface area contributed by atoms with Gasteiger partial charge in [0.15, 0.2) is 5.13 Å². The molecule has 0 bridgehead atoms. The van der Waals surface area contributed by atoms with Crippen molar-refractivity contribution in [3.8, 4) is 0 Å². The highest BCUT2D eigenvalue weighted by Gasteiger charge is 2.15. The summed E-state index contributed by atoms with van der Waals surface area (Å²) in [4.78, 5) is 41.0. The lowest BCUT2D eigenvalue weighted by atomic mass is 10.2. The molecule has 0 fully saturated rings. The summed E-state index contributed by atoms with van der Waals surface area (Å²) < 4.78 is 23.6. The Balaban J connectivity index is 0.00000114. The Morgan fingerprint density at radius 1 is 0.410 bits per heavy atom. The summed E-state index contributed by atoms with van der Waals surface area (Å²) in [5.41, 5.74) is 11.6. The summed E-state index contributed by atoms with van der Waals surface area (Å²) in [6, 6.07) is 28.6. The molecule has 0 amide bonds. The zero-order valence-electron chi connectivity index (χ0n) is 65.8. The van der Waals surface area contributed by atoms with Gasteiger partial charge in [0.05, 0.1) is 47.1 Å². The zero-order valence-corrected chi connectivity index (χ0v) is 67.5. The van der Waals surface area contributed by atoms with Crippen molar-refractivity contribution in [3.05, 3.63) is 149 Å². The van der Waals surface area contributed by atoms with E-state index < -0.39 is 10.0 Å². The van der Waals surface area contributed by atoms with Gasteiger partial charge in [0.1, 0.15) is 11.6 Å². The lowest BCUT2D eigenvalue weighted by Crippen LogP contribution is -2.26.